The fourth-order valence-corrected chi connectivity index (χ4v) is 3.10. The summed E-state index contributed by atoms with van der Waals surface area (Å²) in [4.78, 5) is 12.6. The van der Waals surface area contributed by atoms with Crippen molar-refractivity contribution >= 4 is 40.6 Å². The standard InChI is InChI=1S/C11H16ClNOS2/c1-8(2)5-13-11(14)7-15-6-9-3-4-10(12)16-9/h3-4,8H,5-7H2,1-2H3,(H,13,14). The van der Waals surface area contributed by atoms with E-state index in [1.165, 1.54) is 4.88 Å². The lowest BCUT2D eigenvalue weighted by Gasteiger charge is -2.06. The normalized spacial score (nSPS) is 10.8. The van der Waals surface area contributed by atoms with Crippen molar-refractivity contribution in [3.63, 3.8) is 0 Å². The molecule has 90 valence electrons. The Hall–Kier alpha value is -0.190. The van der Waals surface area contributed by atoms with Gasteiger partial charge in [-0.3, -0.25) is 4.79 Å². The third kappa shape index (κ3) is 5.77. The molecule has 1 aromatic heterocycles. The number of halogens is 1. The quantitative estimate of drug-likeness (QED) is 0.863. The molecule has 2 nitrogen and oxygen atoms in total. The summed E-state index contributed by atoms with van der Waals surface area (Å²) in [6, 6.07) is 3.90. The van der Waals surface area contributed by atoms with Gasteiger partial charge in [-0.15, -0.1) is 23.1 Å². The van der Waals surface area contributed by atoms with Crippen LogP contribution in [0.1, 0.15) is 18.7 Å². The highest BCUT2D eigenvalue weighted by Crippen LogP contribution is 2.24. The Morgan fingerprint density at radius 3 is 2.88 bits per heavy atom. The summed E-state index contributed by atoms with van der Waals surface area (Å²) in [6.45, 7) is 4.92. The molecule has 0 aliphatic heterocycles. The van der Waals surface area contributed by atoms with Crippen molar-refractivity contribution in [3.05, 3.63) is 21.3 Å². The third-order valence-electron chi connectivity index (χ3n) is 1.81. The molecule has 0 saturated carbocycles. The molecule has 1 amide bonds. The molecule has 0 aliphatic rings. The molecule has 1 N–H and O–H groups in total. The summed E-state index contributed by atoms with van der Waals surface area (Å²) >= 11 is 9.01. The number of carbonyl (C=O) groups is 1. The fraction of sp³-hybridized carbons (Fsp3) is 0.545. The maximum Gasteiger partial charge on any atom is 0.230 e. The van der Waals surface area contributed by atoms with Crippen LogP contribution >= 0.6 is 34.7 Å². The number of amides is 1. The molecule has 1 aromatic rings. The molecule has 0 radical (unpaired) electrons. The van der Waals surface area contributed by atoms with Gasteiger partial charge in [-0.05, 0) is 18.1 Å². The van der Waals surface area contributed by atoms with Gasteiger partial charge in [0.25, 0.3) is 0 Å². The average Bonchev–Trinajstić information content (AvgIpc) is 2.61. The summed E-state index contributed by atoms with van der Waals surface area (Å²) in [5.41, 5.74) is 0. The van der Waals surface area contributed by atoms with Crippen LogP contribution < -0.4 is 5.32 Å². The van der Waals surface area contributed by atoms with E-state index < -0.39 is 0 Å². The highest BCUT2D eigenvalue weighted by atomic mass is 35.5. The van der Waals surface area contributed by atoms with Crippen LogP contribution in [-0.4, -0.2) is 18.2 Å². The summed E-state index contributed by atoms with van der Waals surface area (Å²) in [7, 11) is 0. The number of rotatable bonds is 6. The van der Waals surface area contributed by atoms with Crippen LogP contribution in [0, 0.1) is 5.92 Å². The molecule has 5 heteroatoms. The Labute approximate surface area is 110 Å². The van der Waals surface area contributed by atoms with E-state index in [-0.39, 0.29) is 5.91 Å². The second kappa shape index (κ2) is 7.20. The fourth-order valence-electron chi connectivity index (χ4n) is 1.04. The van der Waals surface area contributed by atoms with Crippen LogP contribution in [0.15, 0.2) is 12.1 Å². The molecule has 0 saturated heterocycles. The maximum absolute atomic E-state index is 11.4. The third-order valence-corrected chi connectivity index (χ3v) is 4.21. The van der Waals surface area contributed by atoms with Gasteiger partial charge in [0, 0.05) is 17.2 Å². The van der Waals surface area contributed by atoms with Crippen LogP contribution in [0.5, 0.6) is 0 Å². The minimum Gasteiger partial charge on any atom is -0.355 e. The van der Waals surface area contributed by atoms with Gasteiger partial charge >= 0.3 is 0 Å². The molecule has 0 aliphatic carbocycles. The van der Waals surface area contributed by atoms with Gasteiger partial charge < -0.3 is 5.32 Å². The van der Waals surface area contributed by atoms with E-state index in [1.807, 2.05) is 12.1 Å². The Morgan fingerprint density at radius 1 is 1.56 bits per heavy atom. The zero-order valence-electron chi connectivity index (χ0n) is 9.46. The first-order valence-electron chi connectivity index (χ1n) is 5.16. The maximum atomic E-state index is 11.4. The van der Waals surface area contributed by atoms with Gasteiger partial charge in [0.15, 0.2) is 0 Å². The van der Waals surface area contributed by atoms with Crippen molar-refractivity contribution in [2.45, 2.75) is 19.6 Å². The molecular weight excluding hydrogens is 262 g/mol. The van der Waals surface area contributed by atoms with Crippen LogP contribution in [-0.2, 0) is 10.5 Å². The number of thiophene rings is 1. The summed E-state index contributed by atoms with van der Waals surface area (Å²) < 4.78 is 0.805. The zero-order valence-corrected chi connectivity index (χ0v) is 11.8. The smallest absolute Gasteiger partial charge is 0.230 e. The van der Waals surface area contributed by atoms with Gasteiger partial charge in [0.2, 0.25) is 5.91 Å². The summed E-state index contributed by atoms with van der Waals surface area (Å²) in [5.74, 6) is 1.99. The number of hydrogen-bond acceptors (Lipinski definition) is 3. The molecule has 0 spiro atoms. The first-order valence-corrected chi connectivity index (χ1v) is 7.51. The summed E-state index contributed by atoms with van der Waals surface area (Å²) in [5, 5.41) is 2.89. The highest BCUT2D eigenvalue weighted by molar-refractivity contribution is 7.99. The number of thioether (sulfide) groups is 1. The predicted octanol–water partition coefficient (Wildman–Crippen LogP) is 3.41. The SMILES string of the molecule is CC(C)CNC(=O)CSCc1ccc(Cl)s1. The van der Waals surface area contributed by atoms with E-state index in [9.17, 15) is 4.79 Å². The molecule has 0 bridgehead atoms. The molecule has 0 atom stereocenters. The monoisotopic (exact) mass is 277 g/mol. The number of nitrogens with one attached hydrogen (secondary N) is 1. The van der Waals surface area contributed by atoms with Gasteiger partial charge in [0.1, 0.15) is 0 Å². The molecule has 16 heavy (non-hydrogen) atoms. The lowest BCUT2D eigenvalue weighted by molar-refractivity contribution is -0.118. The largest absolute Gasteiger partial charge is 0.355 e. The lowest BCUT2D eigenvalue weighted by atomic mass is 10.2. The van der Waals surface area contributed by atoms with E-state index in [4.69, 9.17) is 11.6 Å². The Bertz CT molecular complexity index is 338. The molecule has 1 rings (SSSR count). The molecule has 0 unspecified atom stereocenters. The van der Waals surface area contributed by atoms with Crippen LogP contribution in [0.4, 0.5) is 0 Å². The summed E-state index contributed by atoms with van der Waals surface area (Å²) in [6.07, 6.45) is 0. The van der Waals surface area contributed by atoms with Gasteiger partial charge in [-0.1, -0.05) is 25.4 Å². The van der Waals surface area contributed by atoms with Crippen LogP contribution in [0.25, 0.3) is 0 Å². The van der Waals surface area contributed by atoms with E-state index in [2.05, 4.69) is 19.2 Å². The van der Waals surface area contributed by atoms with Crippen molar-refractivity contribution in [1.29, 1.82) is 0 Å². The molecule has 1 heterocycles. The molecule has 0 fully saturated rings. The Balaban J connectivity index is 2.13. The predicted molar refractivity (Wildman–Crippen MR) is 73.3 cm³/mol. The molecular formula is C11H16ClNOS2. The Kier molecular flexibility index (Phi) is 6.24. The number of carbonyl (C=O) groups excluding carboxylic acids is 1. The van der Waals surface area contributed by atoms with Crippen LogP contribution in [0.3, 0.4) is 0 Å². The van der Waals surface area contributed by atoms with Crippen molar-refractivity contribution in [1.82, 2.24) is 5.32 Å². The van der Waals surface area contributed by atoms with Gasteiger partial charge in [-0.25, -0.2) is 0 Å². The Morgan fingerprint density at radius 2 is 2.31 bits per heavy atom. The van der Waals surface area contributed by atoms with Crippen molar-refractivity contribution < 1.29 is 4.79 Å². The van der Waals surface area contributed by atoms with E-state index in [1.54, 1.807) is 23.1 Å². The second-order valence-corrected chi connectivity index (χ2v) is 6.68. The molecule has 0 aromatic carbocycles. The minimum absolute atomic E-state index is 0.112. The topological polar surface area (TPSA) is 29.1 Å². The van der Waals surface area contributed by atoms with Crippen LogP contribution in [0.2, 0.25) is 4.34 Å². The van der Waals surface area contributed by atoms with Crippen molar-refractivity contribution in [2.75, 3.05) is 12.3 Å². The zero-order chi connectivity index (χ0) is 12.0. The average molecular weight is 278 g/mol. The first kappa shape index (κ1) is 13.9. The highest BCUT2D eigenvalue weighted by Gasteiger charge is 2.03. The van der Waals surface area contributed by atoms with Gasteiger partial charge in [-0.2, -0.15) is 0 Å². The van der Waals surface area contributed by atoms with E-state index in [0.29, 0.717) is 11.7 Å². The van der Waals surface area contributed by atoms with Crippen molar-refractivity contribution in [3.8, 4) is 0 Å². The number of hydrogen-bond donors (Lipinski definition) is 1. The van der Waals surface area contributed by atoms with Crippen molar-refractivity contribution in [2.24, 2.45) is 5.92 Å². The first-order chi connectivity index (χ1) is 7.58. The van der Waals surface area contributed by atoms with E-state index in [0.717, 1.165) is 16.6 Å². The second-order valence-electron chi connectivity index (χ2n) is 3.90. The minimum atomic E-state index is 0.112. The van der Waals surface area contributed by atoms with E-state index >= 15 is 0 Å². The van der Waals surface area contributed by atoms with Gasteiger partial charge in [0.05, 0.1) is 10.1 Å². The lowest BCUT2D eigenvalue weighted by Crippen LogP contribution is -2.28.